The minimum absolute atomic E-state index is 0.0420. The van der Waals surface area contributed by atoms with Gasteiger partial charge >= 0.3 is 5.97 Å². The lowest BCUT2D eigenvalue weighted by Crippen LogP contribution is -2.12. The summed E-state index contributed by atoms with van der Waals surface area (Å²) in [5, 5.41) is 14.6. The van der Waals surface area contributed by atoms with Gasteiger partial charge in [-0.25, -0.2) is 18.5 Å². The number of rotatable bonds is 7. The van der Waals surface area contributed by atoms with Crippen LogP contribution < -0.4 is 5.14 Å². The van der Waals surface area contributed by atoms with Crippen molar-refractivity contribution in [3.63, 3.8) is 0 Å². The smallest absolute Gasteiger partial charge is 0.310 e. The van der Waals surface area contributed by atoms with Gasteiger partial charge in [-0.05, 0) is 35.2 Å². The Balaban J connectivity index is 1.77. The van der Waals surface area contributed by atoms with E-state index >= 15 is 0 Å². The summed E-state index contributed by atoms with van der Waals surface area (Å²) in [5.41, 5.74) is 2.33. The van der Waals surface area contributed by atoms with Crippen LogP contribution in [-0.4, -0.2) is 24.5 Å². The molecule has 0 amide bonds. The second-order valence-electron chi connectivity index (χ2n) is 6.05. The number of carboxylic acid groups (broad SMARTS) is 1. The number of oxazole rings is 1. The Morgan fingerprint density at radius 3 is 2.15 bits per heavy atom. The molecule has 3 rings (SSSR count). The number of nitrogens with zero attached hydrogens (tertiary/aromatic N) is 1. The molecule has 1 aromatic heterocycles. The molecular weight excluding hydrogens is 368 g/mol. The predicted molar refractivity (Wildman–Crippen MR) is 98.5 cm³/mol. The molecule has 2 aromatic carbocycles. The monoisotopic (exact) mass is 386 g/mol. The molecule has 140 valence electrons. The van der Waals surface area contributed by atoms with Crippen molar-refractivity contribution in [3.05, 3.63) is 72.4 Å². The van der Waals surface area contributed by atoms with Crippen molar-refractivity contribution < 1.29 is 22.7 Å². The van der Waals surface area contributed by atoms with Crippen molar-refractivity contribution in [2.45, 2.75) is 23.7 Å². The quantitative estimate of drug-likeness (QED) is 0.643. The second-order valence-corrected chi connectivity index (χ2v) is 7.61. The number of carbonyl (C=O) groups is 1. The van der Waals surface area contributed by atoms with E-state index in [1.54, 1.807) is 24.3 Å². The first-order valence-electron chi connectivity index (χ1n) is 8.19. The molecule has 0 spiro atoms. The van der Waals surface area contributed by atoms with Gasteiger partial charge < -0.3 is 9.52 Å². The van der Waals surface area contributed by atoms with Gasteiger partial charge in [0, 0.05) is 6.42 Å². The van der Waals surface area contributed by atoms with Crippen LogP contribution in [0.5, 0.6) is 0 Å². The predicted octanol–water partition coefficient (Wildman–Crippen LogP) is 2.79. The Bertz CT molecular complexity index is 1010. The molecule has 3 N–H and O–H groups in total. The molecular formula is C19H18N2O5S. The third kappa shape index (κ3) is 4.60. The lowest BCUT2D eigenvalue weighted by molar-refractivity contribution is -0.139. The molecule has 0 fully saturated rings. The van der Waals surface area contributed by atoms with Crippen LogP contribution in [-0.2, 0) is 21.2 Å². The van der Waals surface area contributed by atoms with Gasteiger partial charge in [0.2, 0.25) is 10.0 Å². The molecule has 0 aliphatic heterocycles. The van der Waals surface area contributed by atoms with Gasteiger partial charge in [0.15, 0.2) is 5.89 Å². The van der Waals surface area contributed by atoms with Crippen molar-refractivity contribution in [1.29, 1.82) is 0 Å². The van der Waals surface area contributed by atoms with E-state index < -0.39 is 21.9 Å². The summed E-state index contributed by atoms with van der Waals surface area (Å²) >= 11 is 0. The van der Waals surface area contributed by atoms with Crippen LogP contribution >= 0.6 is 0 Å². The van der Waals surface area contributed by atoms with Crippen molar-refractivity contribution in [1.82, 2.24) is 4.98 Å². The zero-order chi connectivity index (χ0) is 19.4. The second kappa shape index (κ2) is 7.73. The maximum atomic E-state index is 11.6. The van der Waals surface area contributed by atoms with Gasteiger partial charge in [0.25, 0.3) is 0 Å². The maximum Gasteiger partial charge on any atom is 0.310 e. The molecule has 1 atom stereocenters. The molecule has 0 bridgehead atoms. The van der Waals surface area contributed by atoms with Crippen LogP contribution in [0.3, 0.4) is 0 Å². The minimum atomic E-state index is -3.73. The average Bonchev–Trinajstić information content (AvgIpc) is 3.15. The van der Waals surface area contributed by atoms with Gasteiger partial charge in [-0.2, -0.15) is 0 Å². The van der Waals surface area contributed by atoms with Crippen LogP contribution in [0.25, 0.3) is 11.1 Å². The zero-order valence-corrected chi connectivity index (χ0v) is 15.1. The summed E-state index contributed by atoms with van der Waals surface area (Å²) in [5.74, 6) is -1.07. The van der Waals surface area contributed by atoms with E-state index in [0.29, 0.717) is 24.3 Å². The number of carboxylic acids is 1. The minimum Gasteiger partial charge on any atom is -0.481 e. The van der Waals surface area contributed by atoms with Crippen molar-refractivity contribution in [3.8, 4) is 11.1 Å². The number of aromatic nitrogens is 1. The Morgan fingerprint density at radius 1 is 1.07 bits per heavy atom. The third-order valence-corrected chi connectivity index (χ3v) is 5.19. The fourth-order valence-corrected chi connectivity index (χ4v) is 3.34. The summed E-state index contributed by atoms with van der Waals surface area (Å²) in [4.78, 5) is 15.7. The van der Waals surface area contributed by atoms with E-state index in [1.165, 1.54) is 24.6 Å². The molecule has 27 heavy (non-hydrogen) atoms. The summed E-state index contributed by atoms with van der Waals surface area (Å²) in [6, 6.07) is 13.3. The standard InChI is InChI=1S/C19H18N2O5S/c20-27(24,25)16-7-5-14(6-8-16)13-1-3-15(4-2-13)17(19(22)23)9-10-18-21-11-12-26-18/h1-8,11-12,17H,9-10H2,(H,22,23)(H2,20,24,25). The number of aryl methyl sites for hydroxylation is 1. The van der Waals surface area contributed by atoms with Crippen LogP contribution in [0.4, 0.5) is 0 Å². The number of primary sulfonamides is 1. The highest BCUT2D eigenvalue weighted by Crippen LogP contribution is 2.26. The largest absolute Gasteiger partial charge is 0.481 e. The van der Waals surface area contributed by atoms with Gasteiger partial charge in [-0.1, -0.05) is 36.4 Å². The first-order chi connectivity index (χ1) is 12.8. The summed E-state index contributed by atoms with van der Waals surface area (Å²) < 4.78 is 27.8. The number of hydrogen-bond acceptors (Lipinski definition) is 5. The van der Waals surface area contributed by atoms with Crippen molar-refractivity contribution in [2.24, 2.45) is 5.14 Å². The lowest BCUT2D eigenvalue weighted by Gasteiger charge is -2.13. The first kappa shape index (κ1) is 18.8. The molecule has 0 aliphatic carbocycles. The highest BCUT2D eigenvalue weighted by atomic mass is 32.2. The normalized spacial score (nSPS) is 12.6. The van der Waals surface area contributed by atoms with Crippen molar-refractivity contribution >= 4 is 16.0 Å². The maximum absolute atomic E-state index is 11.6. The number of aliphatic carboxylic acids is 1. The summed E-state index contributed by atoms with van der Waals surface area (Å²) in [6.07, 6.45) is 3.79. The van der Waals surface area contributed by atoms with E-state index in [-0.39, 0.29) is 4.90 Å². The van der Waals surface area contributed by atoms with E-state index in [2.05, 4.69) is 4.98 Å². The molecule has 7 nitrogen and oxygen atoms in total. The van der Waals surface area contributed by atoms with E-state index in [1.807, 2.05) is 12.1 Å². The van der Waals surface area contributed by atoms with Gasteiger partial charge in [0.05, 0.1) is 17.0 Å². The van der Waals surface area contributed by atoms with Gasteiger partial charge in [-0.3, -0.25) is 4.79 Å². The fraction of sp³-hybridized carbons (Fsp3) is 0.158. The summed E-state index contributed by atoms with van der Waals surface area (Å²) in [6.45, 7) is 0. The number of nitrogens with two attached hydrogens (primary N) is 1. The summed E-state index contributed by atoms with van der Waals surface area (Å²) in [7, 11) is -3.73. The molecule has 3 aromatic rings. The number of benzene rings is 2. The number of hydrogen-bond donors (Lipinski definition) is 2. The van der Waals surface area contributed by atoms with Crippen LogP contribution in [0, 0.1) is 0 Å². The van der Waals surface area contributed by atoms with E-state index in [4.69, 9.17) is 9.56 Å². The molecule has 0 saturated carbocycles. The Kier molecular flexibility index (Phi) is 5.38. The van der Waals surface area contributed by atoms with Gasteiger partial charge in [0.1, 0.15) is 6.26 Å². The average molecular weight is 386 g/mol. The highest BCUT2D eigenvalue weighted by molar-refractivity contribution is 7.89. The molecule has 0 radical (unpaired) electrons. The van der Waals surface area contributed by atoms with Crippen LogP contribution in [0.1, 0.15) is 23.8 Å². The Labute approximate surface area is 156 Å². The topological polar surface area (TPSA) is 123 Å². The fourth-order valence-electron chi connectivity index (χ4n) is 2.82. The van der Waals surface area contributed by atoms with Crippen molar-refractivity contribution in [2.75, 3.05) is 0 Å². The molecule has 1 heterocycles. The molecule has 1 unspecified atom stereocenters. The van der Waals surface area contributed by atoms with E-state index in [0.717, 1.165) is 11.1 Å². The van der Waals surface area contributed by atoms with Crippen LogP contribution in [0.2, 0.25) is 0 Å². The number of sulfonamides is 1. The highest BCUT2D eigenvalue weighted by Gasteiger charge is 2.20. The Hall–Kier alpha value is -2.97. The lowest BCUT2D eigenvalue weighted by atomic mass is 9.92. The molecule has 0 aliphatic rings. The third-order valence-electron chi connectivity index (χ3n) is 4.26. The molecule has 0 saturated heterocycles. The van der Waals surface area contributed by atoms with Gasteiger partial charge in [-0.15, -0.1) is 0 Å². The first-order valence-corrected chi connectivity index (χ1v) is 9.73. The Morgan fingerprint density at radius 2 is 1.67 bits per heavy atom. The SMILES string of the molecule is NS(=O)(=O)c1ccc(-c2ccc(C(CCc3ncco3)C(=O)O)cc2)cc1. The van der Waals surface area contributed by atoms with E-state index in [9.17, 15) is 18.3 Å². The van der Waals surface area contributed by atoms with Crippen LogP contribution in [0.15, 0.2) is 70.3 Å². The zero-order valence-electron chi connectivity index (χ0n) is 14.3. The molecule has 8 heteroatoms.